The lowest BCUT2D eigenvalue weighted by Crippen LogP contribution is -2.25. The van der Waals surface area contributed by atoms with Gasteiger partial charge in [0.05, 0.1) is 15.8 Å². The third-order valence-electron chi connectivity index (χ3n) is 2.88. The highest BCUT2D eigenvalue weighted by molar-refractivity contribution is 7.17. The van der Waals surface area contributed by atoms with Crippen LogP contribution in [-0.2, 0) is 6.54 Å². The molecule has 0 aliphatic carbocycles. The molecule has 0 unspecified atom stereocenters. The summed E-state index contributed by atoms with van der Waals surface area (Å²) in [5.41, 5.74) is 7.30. The molecule has 0 spiro atoms. The van der Waals surface area contributed by atoms with Crippen molar-refractivity contribution in [1.29, 1.82) is 0 Å². The number of carbonyl (C=O) groups excluding carboxylic acids is 1. The molecule has 0 fully saturated rings. The van der Waals surface area contributed by atoms with Gasteiger partial charge in [-0.3, -0.25) is 4.79 Å². The van der Waals surface area contributed by atoms with Crippen LogP contribution in [0.3, 0.4) is 0 Å². The molecule has 108 valence electrons. The molecule has 0 bridgehead atoms. The van der Waals surface area contributed by atoms with Crippen molar-refractivity contribution in [3.05, 3.63) is 56.7 Å². The van der Waals surface area contributed by atoms with E-state index in [2.05, 4.69) is 11.8 Å². The van der Waals surface area contributed by atoms with Crippen molar-refractivity contribution in [2.24, 2.45) is 5.73 Å². The van der Waals surface area contributed by atoms with E-state index in [1.165, 1.54) is 11.3 Å². The molecule has 21 heavy (non-hydrogen) atoms. The summed E-state index contributed by atoms with van der Waals surface area (Å²) in [6.07, 6.45) is 0. The molecule has 1 aromatic heterocycles. The minimum Gasteiger partial charge on any atom is -0.337 e. The first-order valence-corrected chi connectivity index (χ1v) is 7.59. The van der Waals surface area contributed by atoms with Crippen LogP contribution >= 0.6 is 22.9 Å². The van der Waals surface area contributed by atoms with E-state index in [4.69, 9.17) is 17.3 Å². The van der Waals surface area contributed by atoms with Crippen molar-refractivity contribution >= 4 is 28.8 Å². The zero-order valence-corrected chi connectivity index (χ0v) is 13.2. The first kappa shape index (κ1) is 15.6. The highest BCUT2D eigenvalue weighted by Gasteiger charge is 2.15. The van der Waals surface area contributed by atoms with Gasteiger partial charge in [-0.1, -0.05) is 41.6 Å². The third kappa shape index (κ3) is 4.08. The normalized spacial score (nSPS) is 9.86. The quantitative estimate of drug-likeness (QED) is 0.884. The number of hydrogen-bond acceptors (Lipinski definition) is 3. The first-order valence-electron chi connectivity index (χ1n) is 6.39. The summed E-state index contributed by atoms with van der Waals surface area (Å²) < 4.78 is 0.612. The van der Waals surface area contributed by atoms with Gasteiger partial charge in [0.1, 0.15) is 0 Å². The second-order valence-electron chi connectivity index (χ2n) is 4.43. The summed E-state index contributed by atoms with van der Waals surface area (Å²) in [5.74, 6) is 5.82. The van der Waals surface area contributed by atoms with E-state index in [0.717, 1.165) is 11.1 Å². The predicted molar refractivity (Wildman–Crippen MR) is 87.5 cm³/mol. The van der Waals surface area contributed by atoms with Crippen LogP contribution in [0, 0.1) is 11.8 Å². The van der Waals surface area contributed by atoms with Gasteiger partial charge >= 0.3 is 0 Å². The molecule has 0 saturated carbocycles. The number of amides is 1. The number of thiophene rings is 1. The van der Waals surface area contributed by atoms with E-state index >= 15 is 0 Å². The van der Waals surface area contributed by atoms with E-state index < -0.39 is 0 Å². The molecule has 2 N–H and O–H groups in total. The second-order valence-corrected chi connectivity index (χ2v) is 6.14. The minimum atomic E-state index is -0.0477. The Morgan fingerprint density at radius 1 is 1.33 bits per heavy atom. The maximum atomic E-state index is 12.3. The summed E-state index contributed by atoms with van der Waals surface area (Å²) in [6, 6.07) is 11.2. The minimum absolute atomic E-state index is 0.0477. The van der Waals surface area contributed by atoms with Gasteiger partial charge in [-0.25, -0.2) is 0 Å². The van der Waals surface area contributed by atoms with Crippen molar-refractivity contribution in [1.82, 2.24) is 4.90 Å². The second kappa shape index (κ2) is 7.28. The summed E-state index contributed by atoms with van der Waals surface area (Å²) in [6.45, 7) is 0.806. The summed E-state index contributed by atoms with van der Waals surface area (Å²) in [4.78, 5) is 14.6. The number of nitrogens with zero attached hydrogens (tertiary/aromatic N) is 1. The zero-order valence-electron chi connectivity index (χ0n) is 11.6. The number of halogens is 1. The maximum Gasteiger partial charge on any atom is 0.264 e. The fourth-order valence-electron chi connectivity index (χ4n) is 1.87. The summed E-state index contributed by atoms with van der Waals surface area (Å²) in [7, 11) is 1.77. The Hall–Kier alpha value is -1.80. The molecule has 0 atom stereocenters. The molecule has 0 aliphatic rings. The van der Waals surface area contributed by atoms with Crippen LogP contribution in [0.1, 0.15) is 20.8 Å². The van der Waals surface area contributed by atoms with Gasteiger partial charge < -0.3 is 10.6 Å². The Bertz CT molecular complexity index is 700. The predicted octanol–water partition coefficient (Wildman–Crippen LogP) is 2.98. The van der Waals surface area contributed by atoms with Crippen molar-refractivity contribution in [3.63, 3.8) is 0 Å². The maximum absolute atomic E-state index is 12.3. The van der Waals surface area contributed by atoms with Gasteiger partial charge in [0.2, 0.25) is 0 Å². The number of benzene rings is 1. The molecule has 0 radical (unpaired) electrons. The van der Waals surface area contributed by atoms with Gasteiger partial charge in [0, 0.05) is 19.2 Å². The van der Waals surface area contributed by atoms with Crippen LogP contribution in [0.5, 0.6) is 0 Å². The van der Waals surface area contributed by atoms with Crippen molar-refractivity contribution in [2.45, 2.75) is 6.54 Å². The monoisotopic (exact) mass is 318 g/mol. The average molecular weight is 319 g/mol. The van der Waals surface area contributed by atoms with Crippen LogP contribution in [-0.4, -0.2) is 24.4 Å². The van der Waals surface area contributed by atoms with Crippen LogP contribution < -0.4 is 5.73 Å². The van der Waals surface area contributed by atoms with Crippen LogP contribution in [0.25, 0.3) is 0 Å². The Labute approximate surface area is 133 Å². The molecule has 1 heterocycles. The molecule has 0 aliphatic heterocycles. The summed E-state index contributed by atoms with van der Waals surface area (Å²) >= 11 is 7.15. The van der Waals surface area contributed by atoms with E-state index in [0.29, 0.717) is 22.3 Å². The van der Waals surface area contributed by atoms with Gasteiger partial charge in [0.15, 0.2) is 0 Å². The van der Waals surface area contributed by atoms with Gasteiger partial charge in [0.25, 0.3) is 5.91 Å². The molecule has 3 nitrogen and oxygen atoms in total. The van der Waals surface area contributed by atoms with Crippen LogP contribution in [0.15, 0.2) is 36.4 Å². The smallest absolute Gasteiger partial charge is 0.264 e. The van der Waals surface area contributed by atoms with E-state index in [-0.39, 0.29) is 5.91 Å². The van der Waals surface area contributed by atoms with E-state index in [9.17, 15) is 4.79 Å². The number of hydrogen-bond donors (Lipinski definition) is 1. The van der Waals surface area contributed by atoms with E-state index in [1.54, 1.807) is 24.1 Å². The molecule has 1 aromatic carbocycles. The highest BCUT2D eigenvalue weighted by atomic mass is 35.5. The van der Waals surface area contributed by atoms with Gasteiger partial charge in [-0.15, -0.1) is 11.3 Å². The van der Waals surface area contributed by atoms with E-state index in [1.807, 2.05) is 24.3 Å². The first-order chi connectivity index (χ1) is 10.1. The van der Waals surface area contributed by atoms with Crippen LogP contribution in [0.4, 0.5) is 0 Å². The lowest BCUT2D eigenvalue weighted by atomic mass is 10.1. The Morgan fingerprint density at radius 3 is 2.76 bits per heavy atom. The standard InChI is InChI=1S/C16H15ClN2OS/c1-19(16(20)14-8-9-15(17)21-14)11-13-6-3-2-5-12(13)7-4-10-18/h2-3,5-6,8-9H,10-11,18H2,1H3. The van der Waals surface area contributed by atoms with Gasteiger partial charge in [-0.05, 0) is 23.8 Å². The van der Waals surface area contributed by atoms with Gasteiger partial charge in [-0.2, -0.15) is 0 Å². The summed E-state index contributed by atoms with van der Waals surface area (Å²) in [5, 5.41) is 0. The molecule has 0 saturated heterocycles. The Balaban J connectivity index is 2.16. The molecule has 2 aromatic rings. The Kier molecular flexibility index (Phi) is 5.40. The average Bonchev–Trinajstić information content (AvgIpc) is 2.92. The third-order valence-corrected chi connectivity index (χ3v) is 4.10. The lowest BCUT2D eigenvalue weighted by Gasteiger charge is -2.17. The van der Waals surface area contributed by atoms with Crippen molar-refractivity contribution < 1.29 is 4.79 Å². The largest absolute Gasteiger partial charge is 0.337 e. The molecule has 1 amide bonds. The number of nitrogens with two attached hydrogens (primary N) is 1. The molecule has 5 heteroatoms. The topological polar surface area (TPSA) is 46.3 Å². The van der Waals surface area contributed by atoms with Crippen molar-refractivity contribution in [2.75, 3.05) is 13.6 Å². The van der Waals surface area contributed by atoms with Crippen LogP contribution in [0.2, 0.25) is 4.34 Å². The lowest BCUT2D eigenvalue weighted by molar-refractivity contribution is 0.0790. The fourth-order valence-corrected chi connectivity index (χ4v) is 2.91. The number of rotatable bonds is 3. The highest BCUT2D eigenvalue weighted by Crippen LogP contribution is 2.23. The number of carbonyl (C=O) groups is 1. The Morgan fingerprint density at radius 2 is 2.10 bits per heavy atom. The zero-order chi connectivity index (χ0) is 15.2. The molecule has 2 rings (SSSR count). The molecular formula is C16H15ClN2OS. The SMILES string of the molecule is CN(Cc1ccccc1C#CCN)C(=O)c1ccc(Cl)s1. The molecular weight excluding hydrogens is 304 g/mol. The van der Waals surface area contributed by atoms with Crippen molar-refractivity contribution in [3.8, 4) is 11.8 Å². The fraction of sp³-hybridized carbons (Fsp3) is 0.188.